The molecule has 1 rings (SSSR count). The minimum Gasteiger partial charge on any atom is -0.466 e. The van der Waals surface area contributed by atoms with E-state index in [0.717, 1.165) is 11.3 Å². The smallest absolute Gasteiger partial charge is 0.308 e. The topological polar surface area (TPSA) is 38.3 Å². The summed E-state index contributed by atoms with van der Waals surface area (Å²) < 4.78 is 5.00. The molecule has 98 valence electrons. The van der Waals surface area contributed by atoms with Gasteiger partial charge in [-0.15, -0.1) is 0 Å². The Bertz CT molecular complexity index is 398. The van der Waals surface area contributed by atoms with Gasteiger partial charge in [-0.25, -0.2) is 0 Å². The molecule has 0 aliphatic heterocycles. The number of hydrogen-bond acceptors (Lipinski definition) is 3. The second-order valence-corrected chi connectivity index (χ2v) is 4.10. The molecule has 0 spiro atoms. The third-order valence-electron chi connectivity index (χ3n) is 2.80. The molecule has 1 atom stereocenters. The maximum Gasteiger partial charge on any atom is 0.308 e. The Kier molecular flexibility index (Phi) is 5.98. The van der Waals surface area contributed by atoms with Crippen LogP contribution in [0, 0.1) is 0 Å². The average Bonchev–Trinajstić information content (AvgIpc) is 2.38. The number of allylic oxidation sites excluding steroid dienone is 1. The highest BCUT2D eigenvalue weighted by Crippen LogP contribution is 2.15. The monoisotopic (exact) mass is 247 g/mol. The van der Waals surface area contributed by atoms with Crippen molar-refractivity contribution in [2.75, 3.05) is 11.9 Å². The standard InChI is InChI=1S/C15H21NO2/c1-4-12(3)14(11-15(17)18-5-2)16-13-9-7-6-8-10-13/h4,6-10,14,16H,5,11H2,1-3H3/b12-4+. The number of benzene rings is 1. The molecule has 0 amide bonds. The van der Waals surface area contributed by atoms with Crippen molar-refractivity contribution in [1.82, 2.24) is 0 Å². The molecule has 1 aromatic carbocycles. The Hall–Kier alpha value is -1.77. The van der Waals surface area contributed by atoms with E-state index in [1.807, 2.05) is 57.2 Å². The zero-order valence-corrected chi connectivity index (χ0v) is 11.3. The van der Waals surface area contributed by atoms with Gasteiger partial charge >= 0.3 is 5.97 Å². The first-order chi connectivity index (χ1) is 8.67. The summed E-state index contributed by atoms with van der Waals surface area (Å²) in [5, 5.41) is 3.35. The van der Waals surface area contributed by atoms with E-state index in [9.17, 15) is 4.79 Å². The largest absolute Gasteiger partial charge is 0.466 e. The first-order valence-electron chi connectivity index (χ1n) is 6.27. The Morgan fingerprint density at radius 3 is 2.61 bits per heavy atom. The summed E-state index contributed by atoms with van der Waals surface area (Å²) in [6.07, 6.45) is 2.36. The van der Waals surface area contributed by atoms with E-state index in [4.69, 9.17) is 4.74 Å². The Balaban J connectivity index is 2.70. The Labute approximate surface area is 109 Å². The van der Waals surface area contributed by atoms with Crippen LogP contribution in [0.2, 0.25) is 0 Å². The van der Waals surface area contributed by atoms with E-state index >= 15 is 0 Å². The minimum atomic E-state index is -0.174. The SMILES string of the molecule is C/C=C(\C)C(CC(=O)OCC)Nc1ccccc1. The van der Waals surface area contributed by atoms with Gasteiger partial charge in [0.15, 0.2) is 0 Å². The van der Waals surface area contributed by atoms with Crippen LogP contribution in [0.5, 0.6) is 0 Å². The molecule has 0 aliphatic carbocycles. The van der Waals surface area contributed by atoms with Crippen LogP contribution in [0.15, 0.2) is 42.0 Å². The lowest BCUT2D eigenvalue weighted by Gasteiger charge is -2.20. The summed E-state index contributed by atoms with van der Waals surface area (Å²) in [6.45, 7) is 6.23. The zero-order valence-electron chi connectivity index (χ0n) is 11.3. The summed E-state index contributed by atoms with van der Waals surface area (Å²) >= 11 is 0. The minimum absolute atomic E-state index is 0.0172. The molecule has 0 saturated carbocycles. The number of nitrogens with one attached hydrogen (secondary N) is 1. The summed E-state index contributed by atoms with van der Waals surface area (Å²) in [7, 11) is 0. The van der Waals surface area contributed by atoms with Crippen molar-refractivity contribution in [3.8, 4) is 0 Å². The van der Waals surface area contributed by atoms with Gasteiger partial charge in [0.05, 0.1) is 19.1 Å². The van der Waals surface area contributed by atoms with Crippen LogP contribution in [-0.2, 0) is 9.53 Å². The van der Waals surface area contributed by atoms with E-state index in [-0.39, 0.29) is 12.0 Å². The lowest BCUT2D eigenvalue weighted by molar-refractivity contribution is -0.143. The Morgan fingerprint density at radius 2 is 2.06 bits per heavy atom. The first-order valence-corrected chi connectivity index (χ1v) is 6.27. The predicted molar refractivity (Wildman–Crippen MR) is 74.5 cm³/mol. The van der Waals surface area contributed by atoms with Crippen LogP contribution in [0.4, 0.5) is 5.69 Å². The summed E-state index contributed by atoms with van der Waals surface area (Å²) in [4.78, 5) is 11.6. The molecule has 3 nitrogen and oxygen atoms in total. The number of rotatable bonds is 6. The fourth-order valence-electron chi connectivity index (χ4n) is 1.65. The van der Waals surface area contributed by atoms with Crippen LogP contribution in [0.3, 0.4) is 0 Å². The van der Waals surface area contributed by atoms with Gasteiger partial charge in [-0.2, -0.15) is 0 Å². The number of carbonyl (C=O) groups is 1. The predicted octanol–water partition coefficient (Wildman–Crippen LogP) is 3.39. The van der Waals surface area contributed by atoms with Gasteiger partial charge in [-0.3, -0.25) is 4.79 Å². The van der Waals surface area contributed by atoms with Gasteiger partial charge in [-0.1, -0.05) is 29.8 Å². The first kappa shape index (κ1) is 14.3. The highest BCUT2D eigenvalue weighted by molar-refractivity contribution is 5.71. The molecule has 0 heterocycles. The molecule has 18 heavy (non-hydrogen) atoms. The maximum absolute atomic E-state index is 11.6. The van der Waals surface area contributed by atoms with Gasteiger partial charge in [0.2, 0.25) is 0 Å². The highest BCUT2D eigenvalue weighted by Gasteiger charge is 2.15. The number of carbonyl (C=O) groups excluding carboxylic acids is 1. The fraction of sp³-hybridized carbons (Fsp3) is 0.400. The molecular weight excluding hydrogens is 226 g/mol. The van der Waals surface area contributed by atoms with Gasteiger partial charge in [0.1, 0.15) is 0 Å². The second-order valence-electron chi connectivity index (χ2n) is 4.10. The lowest BCUT2D eigenvalue weighted by Crippen LogP contribution is -2.25. The second kappa shape index (κ2) is 7.54. The average molecular weight is 247 g/mol. The fourth-order valence-corrected chi connectivity index (χ4v) is 1.65. The molecule has 0 radical (unpaired) electrons. The van der Waals surface area contributed by atoms with Crippen molar-refractivity contribution in [2.45, 2.75) is 33.2 Å². The molecule has 0 saturated heterocycles. The van der Waals surface area contributed by atoms with E-state index < -0.39 is 0 Å². The maximum atomic E-state index is 11.6. The molecule has 0 bridgehead atoms. The number of hydrogen-bond donors (Lipinski definition) is 1. The quantitative estimate of drug-likeness (QED) is 0.618. The third kappa shape index (κ3) is 4.62. The zero-order chi connectivity index (χ0) is 13.4. The molecule has 1 N–H and O–H groups in total. The van der Waals surface area contributed by atoms with Crippen molar-refractivity contribution >= 4 is 11.7 Å². The number of anilines is 1. The Morgan fingerprint density at radius 1 is 1.39 bits per heavy atom. The number of para-hydroxylation sites is 1. The van der Waals surface area contributed by atoms with Crippen LogP contribution in [0.25, 0.3) is 0 Å². The third-order valence-corrected chi connectivity index (χ3v) is 2.80. The van der Waals surface area contributed by atoms with Crippen molar-refractivity contribution in [3.63, 3.8) is 0 Å². The summed E-state index contributed by atoms with van der Waals surface area (Å²) in [5.41, 5.74) is 2.14. The molecule has 0 aromatic heterocycles. The van der Waals surface area contributed by atoms with Crippen molar-refractivity contribution in [3.05, 3.63) is 42.0 Å². The van der Waals surface area contributed by atoms with Gasteiger partial charge in [0, 0.05) is 5.69 Å². The number of esters is 1. The molecular formula is C15H21NO2. The molecule has 0 fully saturated rings. The van der Waals surface area contributed by atoms with E-state index in [0.29, 0.717) is 13.0 Å². The molecule has 1 unspecified atom stereocenters. The lowest BCUT2D eigenvalue weighted by atomic mass is 10.0. The number of ether oxygens (including phenoxy) is 1. The normalized spacial score (nSPS) is 12.9. The van der Waals surface area contributed by atoms with Crippen molar-refractivity contribution in [1.29, 1.82) is 0 Å². The van der Waals surface area contributed by atoms with Gasteiger partial charge < -0.3 is 10.1 Å². The molecule has 1 aromatic rings. The van der Waals surface area contributed by atoms with Crippen LogP contribution < -0.4 is 5.32 Å². The van der Waals surface area contributed by atoms with E-state index in [1.54, 1.807) is 0 Å². The highest BCUT2D eigenvalue weighted by atomic mass is 16.5. The van der Waals surface area contributed by atoms with Crippen LogP contribution in [0.1, 0.15) is 27.2 Å². The van der Waals surface area contributed by atoms with Gasteiger partial charge in [-0.05, 0) is 32.9 Å². The summed E-state index contributed by atoms with van der Waals surface area (Å²) in [6, 6.07) is 9.86. The van der Waals surface area contributed by atoms with E-state index in [2.05, 4.69) is 5.32 Å². The van der Waals surface area contributed by atoms with Crippen molar-refractivity contribution in [2.24, 2.45) is 0 Å². The van der Waals surface area contributed by atoms with Crippen molar-refractivity contribution < 1.29 is 9.53 Å². The molecule has 3 heteroatoms. The van der Waals surface area contributed by atoms with Crippen LogP contribution in [-0.4, -0.2) is 18.6 Å². The van der Waals surface area contributed by atoms with Crippen LogP contribution >= 0.6 is 0 Å². The summed E-state index contributed by atoms with van der Waals surface area (Å²) in [5.74, 6) is -0.174. The van der Waals surface area contributed by atoms with Gasteiger partial charge in [0.25, 0.3) is 0 Å². The van der Waals surface area contributed by atoms with E-state index in [1.165, 1.54) is 0 Å². The molecule has 0 aliphatic rings.